The number of hydrogen-bond acceptors (Lipinski definition) is 3. The van der Waals surface area contributed by atoms with E-state index in [4.69, 9.17) is 5.10 Å². The monoisotopic (exact) mass is 287 g/mol. The van der Waals surface area contributed by atoms with Gasteiger partial charge < -0.3 is 5.32 Å². The van der Waals surface area contributed by atoms with Crippen molar-refractivity contribution in [2.75, 3.05) is 0 Å². The van der Waals surface area contributed by atoms with Crippen molar-refractivity contribution in [3.05, 3.63) is 34.9 Å². The minimum absolute atomic E-state index is 0.623. The minimum atomic E-state index is 0.623. The van der Waals surface area contributed by atoms with Gasteiger partial charge in [-0.3, -0.25) is 9.36 Å². The molecule has 1 aliphatic carbocycles. The number of hydrogen-bond donors (Lipinski definition) is 1. The Hall–Kier alpha value is -1.62. The third-order valence-electron chi connectivity index (χ3n) is 4.68. The summed E-state index contributed by atoms with van der Waals surface area (Å²) in [5.41, 5.74) is 4.94. The zero-order valence-corrected chi connectivity index (χ0v) is 13.3. The largest absolute Gasteiger partial charge is 0.308 e. The first-order chi connectivity index (χ1) is 10.1. The highest BCUT2D eigenvalue weighted by atomic mass is 15.3. The molecule has 0 aromatic carbocycles. The van der Waals surface area contributed by atoms with Crippen LogP contribution in [0.25, 0.3) is 0 Å². The van der Waals surface area contributed by atoms with Crippen LogP contribution in [0.15, 0.2) is 12.4 Å². The Balaban J connectivity index is 1.59. The van der Waals surface area contributed by atoms with Crippen LogP contribution in [0.5, 0.6) is 0 Å². The van der Waals surface area contributed by atoms with Crippen LogP contribution in [-0.2, 0) is 20.1 Å². The zero-order chi connectivity index (χ0) is 14.8. The molecule has 0 radical (unpaired) electrons. The maximum Gasteiger partial charge on any atom is 0.0638 e. The second-order valence-corrected chi connectivity index (χ2v) is 6.14. The van der Waals surface area contributed by atoms with Crippen LogP contribution in [0.1, 0.15) is 54.2 Å². The Morgan fingerprint density at radius 1 is 1.19 bits per heavy atom. The summed E-state index contributed by atoms with van der Waals surface area (Å²) >= 11 is 0. The lowest BCUT2D eigenvalue weighted by atomic mass is 10.2. The maximum absolute atomic E-state index is 4.70. The third kappa shape index (κ3) is 3.02. The summed E-state index contributed by atoms with van der Waals surface area (Å²) < 4.78 is 4.11. The average molecular weight is 287 g/mol. The second-order valence-electron chi connectivity index (χ2n) is 6.14. The molecule has 0 amide bonds. The highest BCUT2D eigenvalue weighted by molar-refractivity contribution is 5.18. The summed E-state index contributed by atoms with van der Waals surface area (Å²) in [6, 6.07) is 0.623. The van der Waals surface area contributed by atoms with Gasteiger partial charge in [0.25, 0.3) is 0 Å². The number of rotatable bonds is 5. The van der Waals surface area contributed by atoms with Crippen LogP contribution in [0.3, 0.4) is 0 Å². The average Bonchev–Trinajstić information content (AvgIpc) is 3.16. The van der Waals surface area contributed by atoms with E-state index >= 15 is 0 Å². The van der Waals surface area contributed by atoms with Crippen molar-refractivity contribution in [1.29, 1.82) is 0 Å². The summed E-state index contributed by atoms with van der Waals surface area (Å²) in [6.07, 6.45) is 9.42. The molecule has 2 aromatic rings. The Bertz CT molecular complexity index is 604. The maximum atomic E-state index is 4.70. The Morgan fingerprint density at radius 3 is 2.57 bits per heavy atom. The van der Waals surface area contributed by atoms with Crippen molar-refractivity contribution in [2.24, 2.45) is 7.05 Å². The Labute approximate surface area is 126 Å². The molecule has 2 heterocycles. The first-order valence-electron chi connectivity index (χ1n) is 7.88. The van der Waals surface area contributed by atoms with Crippen LogP contribution in [0.4, 0.5) is 0 Å². The fraction of sp³-hybridized carbons (Fsp3) is 0.625. The molecule has 0 spiro atoms. The van der Waals surface area contributed by atoms with Gasteiger partial charge in [0.15, 0.2) is 0 Å². The van der Waals surface area contributed by atoms with Crippen molar-refractivity contribution >= 4 is 0 Å². The molecule has 5 nitrogen and oxygen atoms in total. The van der Waals surface area contributed by atoms with E-state index in [1.54, 1.807) is 0 Å². The van der Waals surface area contributed by atoms with Crippen molar-refractivity contribution in [3.63, 3.8) is 0 Å². The van der Waals surface area contributed by atoms with Crippen molar-refractivity contribution in [1.82, 2.24) is 24.9 Å². The lowest BCUT2D eigenvalue weighted by molar-refractivity contribution is 0.464. The first-order valence-corrected chi connectivity index (χ1v) is 7.88. The predicted molar refractivity (Wildman–Crippen MR) is 83.0 cm³/mol. The highest BCUT2D eigenvalue weighted by Crippen LogP contribution is 2.29. The van der Waals surface area contributed by atoms with Gasteiger partial charge in [-0.05, 0) is 26.7 Å². The Morgan fingerprint density at radius 2 is 1.90 bits per heavy atom. The topological polar surface area (TPSA) is 47.7 Å². The summed E-state index contributed by atoms with van der Waals surface area (Å²) in [5, 5.41) is 12.5. The van der Waals surface area contributed by atoms with Gasteiger partial charge in [0.2, 0.25) is 0 Å². The minimum Gasteiger partial charge on any atom is -0.308 e. The van der Waals surface area contributed by atoms with Gasteiger partial charge in [0, 0.05) is 43.2 Å². The van der Waals surface area contributed by atoms with E-state index in [9.17, 15) is 0 Å². The highest BCUT2D eigenvalue weighted by Gasteiger charge is 2.18. The van der Waals surface area contributed by atoms with Gasteiger partial charge >= 0.3 is 0 Å². The number of aromatic nitrogens is 4. The van der Waals surface area contributed by atoms with E-state index in [0.29, 0.717) is 6.04 Å². The summed E-state index contributed by atoms with van der Waals surface area (Å²) in [5.74, 6) is 0. The van der Waals surface area contributed by atoms with Crippen LogP contribution in [0.2, 0.25) is 0 Å². The fourth-order valence-corrected chi connectivity index (χ4v) is 3.10. The molecule has 0 bridgehead atoms. The molecule has 3 rings (SSSR count). The molecular formula is C16H25N5. The number of nitrogens with zero attached hydrogens (tertiary/aromatic N) is 4. The van der Waals surface area contributed by atoms with Gasteiger partial charge in [-0.2, -0.15) is 10.2 Å². The smallest absolute Gasteiger partial charge is 0.0638 e. The van der Waals surface area contributed by atoms with Crippen LogP contribution < -0.4 is 5.32 Å². The summed E-state index contributed by atoms with van der Waals surface area (Å²) in [7, 11) is 1.98. The van der Waals surface area contributed by atoms with E-state index < -0.39 is 0 Å². The van der Waals surface area contributed by atoms with Crippen molar-refractivity contribution in [2.45, 2.75) is 58.7 Å². The van der Waals surface area contributed by atoms with E-state index in [-0.39, 0.29) is 0 Å². The van der Waals surface area contributed by atoms with Crippen molar-refractivity contribution < 1.29 is 0 Å². The van der Waals surface area contributed by atoms with Crippen LogP contribution in [-0.4, -0.2) is 19.6 Å². The van der Waals surface area contributed by atoms with Gasteiger partial charge in [-0.25, -0.2) is 0 Å². The Kier molecular flexibility index (Phi) is 4.10. The second kappa shape index (κ2) is 6.02. The SMILES string of the molecule is Cc1nn(C2CCCC2)cc1CNCc1cnn(C)c1C. The molecule has 1 N–H and O–H groups in total. The van der Waals surface area contributed by atoms with Gasteiger partial charge in [-0.15, -0.1) is 0 Å². The molecule has 0 atom stereocenters. The lowest BCUT2D eigenvalue weighted by Gasteiger charge is -2.08. The van der Waals surface area contributed by atoms with Crippen LogP contribution in [0, 0.1) is 13.8 Å². The molecule has 0 saturated heterocycles. The zero-order valence-electron chi connectivity index (χ0n) is 13.3. The summed E-state index contributed by atoms with van der Waals surface area (Å²) in [6.45, 7) is 5.94. The molecule has 2 aromatic heterocycles. The van der Waals surface area contributed by atoms with Crippen molar-refractivity contribution in [3.8, 4) is 0 Å². The molecular weight excluding hydrogens is 262 g/mol. The normalized spacial score (nSPS) is 16.0. The molecule has 0 aliphatic heterocycles. The molecule has 5 heteroatoms. The number of aryl methyl sites for hydroxylation is 2. The quantitative estimate of drug-likeness (QED) is 0.919. The predicted octanol–water partition coefficient (Wildman–Crippen LogP) is 2.64. The summed E-state index contributed by atoms with van der Waals surface area (Å²) in [4.78, 5) is 0. The van der Waals surface area contributed by atoms with E-state index in [1.165, 1.54) is 42.5 Å². The molecule has 21 heavy (non-hydrogen) atoms. The van der Waals surface area contributed by atoms with Gasteiger partial charge in [-0.1, -0.05) is 12.8 Å². The fourth-order valence-electron chi connectivity index (χ4n) is 3.10. The van der Waals surface area contributed by atoms with Gasteiger partial charge in [0.1, 0.15) is 0 Å². The third-order valence-corrected chi connectivity index (χ3v) is 4.68. The lowest BCUT2D eigenvalue weighted by Crippen LogP contribution is -2.13. The molecule has 1 fully saturated rings. The number of nitrogens with one attached hydrogen (secondary N) is 1. The molecule has 1 saturated carbocycles. The van der Waals surface area contributed by atoms with Crippen LogP contribution >= 0.6 is 0 Å². The van der Waals surface area contributed by atoms with E-state index in [0.717, 1.165) is 18.8 Å². The molecule has 0 unspecified atom stereocenters. The van der Waals surface area contributed by atoms with E-state index in [2.05, 4.69) is 35.1 Å². The van der Waals surface area contributed by atoms with Gasteiger partial charge in [0.05, 0.1) is 17.9 Å². The van der Waals surface area contributed by atoms with E-state index in [1.807, 2.05) is 17.9 Å². The standard InChI is InChI=1S/C16H25N5/c1-12-15(11-21(19-12)16-6-4-5-7-16)9-17-8-14-10-18-20(3)13(14)2/h10-11,16-17H,4-9H2,1-3H3. The first kappa shape index (κ1) is 14.3. The molecule has 114 valence electrons. The molecule has 1 aliphatic rings.